The Morgan fingerprint density at radius 1 is 1.06 bits per heavy atom. The first-order valence-corrected chi connectivity index (χ1v) is 13.5. The van der Waals surface area contributed by atoms with E-state index < -0.39 is 9.84 Å². The van der Waals surface area contributed by atoms with E-state index in [1.807, 2.05) is 18.2 Å². The summed E-state index contributed by atoms with van der Waals surface area (Å²) >= 11 is 4.96. The first kappa shape index (κ1) is 23.1. The maximum Gasteiger partial charge on any atom is 0.185 e. The van der Waals surface area contributed by atoms with E-state index in [4.69, 9.17) is 14.5 Å². The fourth-order valence-corrected chi connectivity index (χ4v) is 6.77. The SMILES string of the molecule is COc1ccc(Cc2csc(N3CCC(S(=O)(=O)c4ccc(Br)cc4)CC3)n2)cc1OC. The molecule has 1 aliphatic heterocycles. The van der Waals surface area contributed by atoms with Crippen LogP contribution in [0.15, 0.2) is 57.2 Å². The van der Waals surface area contributed by atoms with E-state index in [9.17, 15) is 8.42 Å². The van der Waals surface area contributed by atoms with Crippen molar-refractivity contribution in [3.63, 3.8) is 0 Å². The van der Waals surface area contributed by atoms with Crippen molar-refractivity contribution in [2.24, 2.45) is 0 Å². The van der Waals surface area contributed by atoms with Gasteiger partial charge in [0.25, 0.3) is 0 Å². The third kappa shape index (κ3) is 4.94. The van der Waals surface area contributed by atoms with Crippen LogP contribution in [0, 0.1) is 0 Å². The molecule has 6 nitrogen and oxygen atoms in total. The van der Waals surface area contributed by atoms with Gasteiger partial charge in [-0.25, -0.2) is 13.4 Å². The molecular formula is C23H25BrN2O4S2. The fourth-order valence-electron chi connectivity index (χ4n) is 3.90. The molecule has 0 amide bonds. The number of hydrogen-bond acceptors (Lipinski definition) is 7. The maximum atomic E-state index is 13.0. The summed E-state index contributed by atoms with van der Waals surface area (Å²) in [6, 6.07) is 12.8. The number of hydrogen-bond donors (Lipinski definition) is 0. The number of benzene rings is 2. The van der Waals surface area contributed by atoms with Gasteiger partial charge in [-0.15, -0.1) is 11.3 Å². The number of nitrogens with zero attached hydrogens (tertiary/aromatic N) is 2. The Labute approximate surface area is 201 Å². The van der Waals surface area contributed by atoms with Crippen LogP contribution in [0.5, 0.6) is 11.5 Å². The van der Waals surface area contributed by atoms with Crippen molar-refractivity contribution in [2.45, 2.75) is 29.4 Å². The van der Waals surface area contributed by atoms with Gasteiger partial charge in [0.2, 0.25) is 0 Å². The molecular weight excluding hydrogens is 512 g/mol. The molecule has 0 unspecified atom stereocenters. The molecule has 0 radical (unpaired) electrons. The van der Waals surface area contributed by atoms with Crippen LogP contribution in [0.3, 0.4) is 0 Å². The lowest BCUT2D eigenvalue weighted by Crippen LogP contribution is -2.39. The summed E-state index contributed by atoms with van der Waals surface area (Å²) in [4.78, 5) is 7.39. The smallest absolute Gasteiger partial charge is 0.185 e. The van der Waals surface area contributed by atoms with Gasteiger partial charge in [0.05, 0.1) is 30.1 Å². The maximum absolute atomic E-state index is 13.0. The van der Waals surface area contributed by atoms with Crippen molar-refractivity contribution in [3.8, 4) is 11.5 Å². The number of aromatic nitrogens is 1. The minimum atomic E-state index is -3.32. The van der Waals surface area contributed by atoms with Crippen LogP contribution in [0.2, 0.25) is 0 Å². The Morgan fingerprint density at radius 2 is 1.75 bits per heavy atom. The summed E-state index contributed by atoms with van der Waals surface area (Å²) in [5.74, 6) is 1.41. The molecule has 170 valence electrons. The lowest BCUT2D eigenvalue weighted by Gasteiger charge is -2.31. The fraction of sp³-hybridized carbons (Fsp3) is 0.348. The average Bonchev–Trinajstić information content (AvgIpc) is 3.28. The molecule has 3 aromatic rings. The zero-order valence-corrected chi connectivity index (χ0v) is 21.2. The highest BCUT2D eigenvalue weighted by Crippen LogP contribution is 2.31. The van der Waals surface area contributed by atoms with Crippen LogP contribution in [0.25, 0.3) is 0 Å². The normalized spacial score (nSPS) is 15.0. The highest BCUT2D eigenvalue weighted by molar-refractivity contribution is 9.10. The third-order valence-electron chi connectivity index (χ3n) is 5.67. The van der Waals surface area contributed by atoms with Gasteiger partial charge in [0.15, 0.2) is 26.5 Å². The summed E-state index contributed by atoms with van der Waals surface area (Å²) in [6.45, 7) is 1.37. The monoisotopic (exact) mass is 536 g/mol. The van der Waals surface area contributed by atoms with Gasteiger partial charge in [-0.2, -0.15) is 0 Å². The summed E-state index contributed by atoms with van der Waals surface area (Å²) in [7, 11) is -0.0682. The van der Waals surface area contributed by atoms with E-state index in [0.29, 0.717) is 48.7 Å². The molecule has 0 atom stereocenters. The topological polar surface area (TPSA) is 68.7 Å². The molecule has 1 aliphatic rings. The predicted octanol–water partition coefficient (Wildman–Crippen LogP) is 4.96. The Hall–Kier alpha value is -2.10. The molecule has 0 bridgehead atoms. The highest BCUT2D eigenvalue weighted by Gasteiger charge is 2.32. The lowest BCUT2D eigenvalue weighted by molar-refractivity contribution is 0.354. The van der Waals surface area contributed by atoms with Crippen molar-refractivity contribution in [1.29, 1.82) is 0 Å². The highest BCUT2D eigenvalue weighted by atomic mass is 79.9. The van der Waals surface area contributed by atoms with E-state index >= 15 is 0 Å². The molecule has 1 saturated heterocycles. The zero-order chi connectivity index (χ0) is 22.7. The molecule has 0 aliphatic carbocycles. The summed E-state index contributed by atoms with van der Waals surface area (Å²) < 4.78 is 37.5. The molecule has 1 fully saturated rings. The molecule has 32 heavy (non-hydrogen) atoms. The number of methoxy groups -OCH3 is 2. The van der Waals surface area contributed by atoms with Crippen molar-refractivity contribution in [1.82, 2.24) is 4.98 Å². The van der Waals surface area contributed by atoms with Gasteiger partial charge >= 0.3 is 0 Å². The predicted molar refractivity (Wildman–Crippen MR) is 131 cm³/mol. The molecule has 9 heteroatoms. The van der Waals surface area contributed by atoms with E-state index in [2.05, 4.69) is 26.2 Å². The number of rotatable bonds is 7. The summed E-state index contributed by atoms with van der Waals surface area (Å²) in [5, 5.41) is 2.66. The van der Waals surface area contributed by atoms with Gasteiger partial charge in [-0.05, 0) is 54.8 Å². The third-order valence-corrected chi connectivity index (χ3v) is 9.42. The Bertz CT molecular complexity index is 1170. The molecule has 4 rings (SSSR count). The number of piperidine rings is 1. The zero-order valence-electron chi connectivity index (χ0n) is 18.0. The first-order chi connectivity index (χ1) is 15.4. The van der Waals surface area contributed by atoms with Crippen LogP contribution in [-0.4, -0.2) is 46.0 Å². The van der Waals surface area contributed by atoms with Gasteiger partial charge in [-0.3, -0.25) is 0 Å². The van der Waals surface area contributed by atoms with Crippen LogP contribution < -0.4 is 14.4 Å². The quantitative estimate of drug-likeness (QED) is 0.425. The van der Waals surface area contributed by atoms with Crippen molar-refractivity contribution >= 4 is 42.2 Å². The minimum Gasteiger partial charge on any atom is -0.493 e. The summed E-state index contributed by atoms with van der Waals surface area (Å²) in [6.07, 6.45) is 1.90. The van der Waals surface area contributed by atoms with Crippen LogP contribution in [0.1, 0.15) is 24.1 Å². The van der Waals surface area contributed by atoms with Gasteiger partial charge in [-0.1, -0.05) is 22.0 Å². The van der Waals surface area contributed by atoms with E-state index in [1.165, 1.54) is 0 Å². The number of halogens is 1. The minimum absolute atomic E-state index is 0.355. The van der Waals surface area contributed by atoms with Crippen LogP contribution >= 0.6 is 27.3 Å². The van der Waals surface area contributed by atoms with E-state index in [1.54, 1.807) is 49.8 Å². The first-order valence-electron chi connectivity index (χ1n) is 10.3. The van der Waals surface area contributed by atoms with Gasteiger partial charge in [0.1, 0.15) is 0 Å². The van der Waals surface area contributed by atoms with Crippen LogP contribution in [-0.2, 0) is 16.3 Å². The standard InChI is InChI=1S/C23H25BrN2O4S2/c1-29-21-8-3-16(14-22(21)30-2)13-18-15-31-23(25-18)26-11-9-20(10-12-26)32(27,28)19-6-4-17(24)5-7-19/h3-8,14-15,20H,9-13H2,1-2H3. The second-order valence-corrected chi connectivity index (χ2v) is 11.7. The number of ether oxygens (including phenoxy) is 2. The lowest BCUT2D eigenvalue weighted by atomic mass is 10.1. The Kier molecular flexibility index (Phi) is 7.07. The van der Waals surface area contributed by atoms with Crippen molar-refractivity contribution < 1.29 is 17.9 Å². The Morgan fingerprint density at radius 3 is 2.41 bits per heavy atom. The van der Waals surface area contributed by atoms with Crippen molar-refractivity contribution in [3.05, 3.63) is 63.6 Å². The molecule has 0 saturated carbocycles. The molecule has 2 heterocycles. The molecule has 0 N–H and O–H groups in total. The largest absolute Gasteiger partial charge is 0.493 e. The van der Waals surface area contributed by atoms with Crippen LogP contribution in [0.4, 0.5) is 5.13 Å². The van der Waals surface area contributed by atoms with Gasteiger partial charge < -0.3 is 14.4 Å². The van der Waals surface area contributed by atoms with E-state index in [-0.39, 0.29) is 5.25 Å². The second kappa shape index (κ2) is 9.80. The molecule has 2 aromatic carbocycles. The number of anilines is 1. The Balaban J connectivity index is 1.39. The second-order valence-electron chi connectivity index (χ2n) is 7.67. The van der Waals surface area contributed by atoms with Gasteiger partial charge in [0, 0.05) is 29.4 Å². The molecule has 0 spiro atoms. The number of thiazole rings is 1. The van der Waals surface area contributed by atoms with E-state index in [0.717, 1.165) is 20.9 Å². The average molecular weight is 538 g/mol. The molecule has 1 aromatic heterocycles. The van der Waals surface area contributed by atoms with Crippen molar-refractivity contribution in [2.75, 3.05) is 32.2 Å². The summed E-state index contributed by atoms with van der Waals surface area (Å²) in [5.41, 5.74) is 2.08. The number of sulfone groups is 1.